The second kappa shape index (κ2) is 8.41. The Balaban J connectivity index is 1.66. The smallest absolute Gasteiger partial charge is 0.273 e. The highest BCUT2D eigenvalue weighted by molar-refractivity contribution is 6.31. The van der Waals surface area contributed by atoms with Gasteiger partial charge in [0.05, 0.1) is 6.04 Å². The van der Waals surface area contributed by atoms with Crippen molar-refractivity contribution in [3.63, 3.8) is 0 Å². The Morgan fingerprint density at radius 1 is 1.06 bits per heavy atom. The van der Waals surface area contributed by atoms with Gasteiger partial charge in [-0.2, -0.15) is 5.10 Å². The number of carbonyl (C=O) groups excluding carboxylic acids is 1. The van der Waals surface area contributed by atoms with Crippen molar-refractivity contribution in [3.8, 4) is 17.0 Å². The minimum absolute atomic E-state index is 0.0663. The summed E-state index contributed by atoms with van der Waals surface area (Å²) in [6, 6.07) is 22.8. The summed E-state index contributed by atoms with van der Waals surface area (Å²) < 4.78 is 0. The third kappa shape index (κ3) is 3.79. The molecule has 0 bridgehead atoms. The number of benzene rings is 3. The van der Waals surface area contributed by atoms with Crippen molar-refractivity contribution in [2.75, 3.05) is 0 Å². The van der Waals surface area contributed by atoms with Crippen molar-refractivity contribution in [3.05, 3.63) is 106 Å². The van der Waals surface area contributed by atoms with E-state index in [1.54, 1.807) is 18.2 Å². The second-order valence-electron chi connectivity index (χ2n) is 8.66. The molecule has 0 aliphatic carbocycles. The summed E-state index contributed by atoms with van der Waals surface area (Å²) in [5, 5.41) is 18.4. The molecular weight excluding hydrogens is 434 g/mol. The molecule has 1 atom stereocenters. The molecule has 5 rings (SSSR count). The number of nitrogens with one attached hydrogen (secondary N) is 1. The van der Waals surface area contributed by atoms with Crippen molar-refractivity contribution in [1.82, 2.24) is 15.1 Å². The van der Waals surface area contributed by atoms with Gasteiger partial charge in [0.15, 0.2) is 0 Å². The van der Waals surface area contributed by atoms with Gasteiger partial charge in [0.1, 0.15) is 17.1 Å². The fourth-order valence-corrected chi connectivity index (χ4v) is 4.62. The predicted molar refractivity (Wildman–Crippen MR) is 129 cm³/mol. The van der Waals surface area contributed by atoms with Crippen LogP contribution < -0.4 is 0 Å². The molecule has 166 valence electrons. The van der Waals surface area contributed by atoms with Gasteiger partial charge in [-0.25, -0.2) is 0 Å². The first-order valence-corrected chi connectivity index (χ1v) is 11.3. The maximum absolute atomic E-state index is 13.5. The highest BCUT2D eigenvalue weighted by Gasteiger charge is 2.42. The van der Waals surface area contributed by atoms with E-state index in [9.17, 15) is 9.90 Å². The number of carbonyl (C=O) groups is 1. The number of hydrogen-bond acceptors (Lipinski definition) is 3. The Labute approximate surface area is 197 Å². The first-order valence-electron chi connectivity index (χ1n) is 11.0. The van der Waals surface area contributed by atoms with Crippen molar-refractivity contribution in [2.24, 2.45) is 0 Å². The molecule has 1 aromatic heterocycles. The standard InChI is InChI=1S/C27H24ClN3O2/c1-16(2)18-8-10-19(11-9-18)26-23-24(21-14-20(28)12-13-22(21)32)29-30-25(23)27(33)31(26)15-17-6-4-3-5-7-17/h3-14,16,26,32H,15H2,1-2H3,(H,29,30). The number of halogens is 1. The zero-order chi connectivity index (χ0) is 23.1. The molecule has 1 unspecified atom stereocenters. The maximum Gasteiger partial charge on any atom is 0.273 e. The van der Waals surface area contributed by atoms with Crippen LogP contribution in [0.2, 0.25) is 5.02 Å². The highest BCUT2D eigenvalue weighted by atomic mass is 35.5. The number of nitrogens with zero attached hydrogens (tertiary/aromatic N) is 2. The van der Waals surface area contributed by atoms with Gasteiger partial charge in [-0.15, -0.1) is 0 Å². The van der Waals surface area contributed by atoms with Crippen LogP contribution in [0.25, 0.3) is 11.3 Å². The summed E-state index contributed by atoms with van der Waals surface area (Å²) in [7, 11) is 0. The number of fused-ring (bicyclic) bond motifs is 1. The lowest BCUT2D eigenvalue weighted by atomic mass is 9.93. The molecule has 33 heavy (non-hydrogen) atoms. The average Bonchev–Trinajstić information content (AvgIpc) is 3.35. The zero-order valence-electron chi connectivity index (χ0n) is 18.4. The number of H-pyrrole nitrogens is 1. The van der Waals surface area contributed by atoms with Crippen LogP contribution in [-0.4, -0.2) is 26.1 Å². The summed E-state index contributed by atoms with van der Waals surface area (Å²) >= 11 is 6.22. The number of phenolic OH excluding ortho intramolecular Hbond substituents is 1. The number of aromatic hydroxyl groups is 1. The topological polar surface area (TPSA) is 69.2 Å². The molecule has 3 aromatic carbocycles. The summed E-state index contributed by atoms with van der Waals surface area (Å²) in [5.41, 5.74) is 5.50. The first-order chi connectivity index (χ1) is 15.9. The number of hydrogen-bond donors (Lipinski definition) is 2. The second-order valence-corrected chi connectivity index (χ2v) is 9.10. The summed E-state index contributed by atoms with van der Waals surface area (Å²) in [6.45, 7) is 4.77. The molecule has 0 spiro atoms. The van der Waals surface area contributed by atoms with Gasteiger partial charge in [0, 0.05) is 22.7 Å². The predicted octanol–water partition coefficient (Wildman–Crippen LogP) is 6.30. The van der Waals surface area contributed by atoms with Crippen molar-refractivity contribution in [1.29, 1.82) is 0 Å². The van der Waals surface area contributed by atoms with Crippen molar-refractivity contribution < 1.29 is 9.90 Å². The molecule has 0 fully saturated rings. The third-order valence-electron chi connectivity index (χ3n) is 6.19. The van der Waals surface area contributed by atoms with Crippen LogP contribution in [-0.2, 0) is 6.54 Å². The van der Waals surface area contributed by atoms with Gasteiger partial charge >= 0.3 is 0 Å². The molecule has 1 aliphatic heterocycles. The molecule has 0 radical (unpaired) electrons. The quantitative estimate of drug-likeness (QED) is 0.369. The van der Waals surface area contributed by atoms with E-state index in [2.05, 4.69) is 48.3 Å². The van der Waals surface area contributed by atoms with E-state index < -0.39 is 0 Å². The molecule has 2 N–H and O–H groups in total. The van der Waals surface area contributed by atoms with E-state index >= 15 is 0 Å². The number of amides is 1. The SMILES string of the molecule is CC(C)c1ccc(C2c3c(-c4cc(Cl)ccc4O)n[nH]c3C(=O)N2Cc2ccccc2)cc1. The zero-order valence-corrected chi connectivity index (χ0v) is 19.2. The molecule has 5 nitrogen and oxygen atoms in total. The molecule has 1 aliphatic rings. The van der Waals surface area contributed by atoms with E-state index in [1.807, 2.05) is 35.2 Å². The largest absolute Gasteiger partial charge is 0.507 e. The van der Waals surface area contributed by atoms with Crippen LogP contribution in [0, 0.1) is 0 Å². The third-order valence-corrected chi connectivity index (χ3v) is 6.43. The molecule has 0 saturated heterocycles. The van der Waals surface area contributed by atoms with Crippen LogP contribution in [0.4, 0.5) is 0 Å². The average molecular weight is 458 g/mol. The Kier molecular flexibility index (Phi) is 5.43. The molecule has 0 saturated carbocycles. The fraction of sp³-hybridized carbons (Fsp3) is 0.185. The van der Waals surface area contributed by atoms with Gasteiger partial charge in [-0.3, -0.25) is 9.89 Å². The summed E-state index contributed by atoms with van der Waals surface area (Å²) in [5.74, 6) is 0.358. The lowest BCUT2D eigenvalue weighted by Gasteiger charge is -2.27. The van der Waals surface area contributed by atoms with E-state index in [4.69, 9.17) is 11.6 Å². The fourth-order valence-electron chi connectivity index (χ4n) is 4.45. The molecule has 6 heteroatoms. The van der Waals surface area contributed by atoms with E-state index in [-0.39, 0.29) is 17.7 Å². The van der Waals surface area contributed by atoms with Crippen LogP contribution in [0.15, 0.2) is 72.8 Å². The summed E-state index contributed by atoms with van der Waals surface area (Å²) in [6.07, 6.45) is 0. The molecule has 2 heterocycles. The number of phenols is 1. The molecular formula is C27H24ClN3O2. The number of aromatic nitrogens is 2. The van der Waals surface area contributed by atoms with E-state index in [0.717, 1.165) is 16.7 Å². The Morgan fingerprint density at radius 3 is 2.48 bits per heavy atom. The van der Waals surface area contributed by atoms with Gasteiger partial charge < -0.3 is 10.0 Å². The van der Waals surface area contributed by atoms with E-state index in [1.165, 1.54) is 5.56 Å². The monoisotopic (exact) mass is 457 g/mol. The summed E-state index contributed by atoms with van der Waals surface area (Å²) in [4.78, 5) is 15.4. The lowest BCUT2D eigenvalue weighted by Crippen LogP contribution is -2.29. The maximum atomic E-state index is 13.5. The Hall–Kier alpha value is -3.57. The van der Waals surface area contributed by atoms with Gasteiger partial charge in [0.2, 0.25) is 0 Å². The van der Waals surface area contributed by atoms with Gasteiger partial charge in [-0.1, -0.05) is 80.0 Å². The first kappa shape index (κ1) is 21.3. The van der Waals surface area contributed by atoms with Gasteiger partial charge in [0.25, 0.3) is 5.91 Å². The van der Waals surface area contributed by atoms with Crippen molar-refractivity contribution in [2.45, 2.75) is 32.4 Å². The Morgan fingerprint density at radius 2 is 1.79 bits per heavy atom. The van der Waals surface area contributed by atoms with Gasteiger partial charge in [-0.05, 0) is 40.8 Å². The van der Waals surface area contributed by atoms with Crippen LogP contribution in [0.1, 0.15) is 58.5 Å². The van der Waals surface area contributed by atoms with Crippen molar-refractivity contribution >= 4 is 17.5 Å². The normalized spacial score (nSPS) is 15.3. The number of rotatable bonds is 5. The van der Waals surface area contributed by atoms with Crippen LogP contribution >= 0.6 is 11.6 Å². The van der Waals surface area contributed by atoms with Crippen LogP contribution in [0.3, 0.4) is 0 Å². The minimum atomic E-state index is -0.346. The highest BCUT2D eigenvalue weighted by Crippen LogP contribution is 2.45. The van der Waals surface area contributed by atoms with Crippen LogP contribution in [0.5, 0.6) is 5.75 Å². The Bertz CT molecular complexity index is 1310. The molecule has 1 amide bonds. The molecule has 4 aromatic rings. The number of aromatic amines is 1. The minimum Gasteiger partial charge on any atom is -0.507 e. The van der Waals surface area contributed by atoms with E-state index in [0.29, 0.717) is 34.4 Å². The lowest BCUT2D eigenvalue weighted by molar-refractivity contribution is 0.0730.